The Morgan fingerprint density at radius 1 is 1.06 bits per heavy atom. The van der Waals surface area contributed by atoms with Crippen molar-refractivity contribution in [3.05, 3.63) is 89.2 Å². The zero-order chi connectivity index (χ0) is 22.7. The molecule has 0 aromatic heterocycles. The van der Waals surface area contributed by atoms with E-state index in [4.69, 9.17) is 4.74 Å². The lowest BCUT2D eigenvalue weighted by molar-refractivity contribution is 0.102. The van der Waals surface area contributed by atoms with Gasteiger partial charge in [-0.15, -0.1) is 0 Å². The van der Waals surface area contributed by atoms with Crippen LogP contribution in [0.1, 0.15) is 28.4 Å². The number of carbonyl (C=O) groups is 1. The van der Waals surface area contributed by atoms with Gasteiger partial charge in [0.15, 0.2) is 0 Å². The third-order valence-electron chi connectivity index (χ3n) is 5.33. The van der Waals surface area contributed by atoms with Gasteiger partial charge in [0.25, 0.3) is 5.91 Å². The Balaban J connectivity index is 1.56. The third kappa shape index (κ3) is 4.51. The van der Waals surface area contributed by atoms with Crippen LogP contribution in [0.3, 0.4) is 0 Å². The maximum Gasteiger partial charge on any atom is 0.255 e. The van der Waals surface area contributed by atoms with E-state index >= 15 is 0 Å². The number of benzene rings is 3. The average molecular weight is 455 g/mol. The van der Waals surface area contributed by atoms with E-state index in [2.05, 4.69) is 5.32 Å². The zero-order valence-electron chi connectivity index (χ0n) is 17.5. The van der Waals surface area contributed by atoms with Crippen LogP contribution in [0.15, 0.2) is 71.6 Å². The second-order valence-electron chi connectivity index (χ2n) is 7.41. The molecule has 1 aliphatic rings. The van der Waals surface area contributed by atoms with Crippen molar-refractivity contribution in [2.24, 2.45) is 0 Å². The number of anilines is 1. The number of hydrogen-bond donors (Lipinski definition) is 1. The Bertz CT molecular complexity index is 1240. The van der Waals surface area contributed by atoms with Crippen molar-refractivity contribution in [2.75, 3.05) is 18.5 Å². The van der Waals surface area contributed by atoms with Crippen LogP contribution in [0.4, 0.5) is 10.1 Å². The van der Waals surface area contributed by atoms with Crippen LogP contribution in [-0.2, 0) is 23.0 Å². The van der Waals surface area contributed by atoms with Crippen molar-refractivity contribution in [3.8, 4) is 5.75 Å². The predicted octanol–water partition coefficient (Wildman–Crippen LogP) is 4.22. The first-order valence-electron chi connectivity index (χ1n) is 10.3. The summed E-state index contributed by atoms with van der Waals surface area (Å²) >= 11 is 0. The van der Waals surface area contributed by atoms with Crippen LogP contribution < -0.4 is 10.1 Å². The van der Waals surface area contributed by atoms with Crippen molar-refractivity contribution >= 4 is 21.6 Å². The van der Waals surface area contributed by atoms with Crippen LogP contribution in [-0.4, -0.2) is 31.8 Å². The standard InChI is InChI=1S/C24H23FN2O4S/c1-2-31-21-10-8-20(9-11-21)26-24(28)18-7-12-22(25)23(15-18)32(29,30)27-14-13-17-5-3-4-6-19(17)16-27/h3-12,15H,2,13-14,16H2,1H3,(H,26,28). The molecule has 4 rings (SSSR count). The molecule has 0 unspecified atom stereocenters. The normalized spacial score (nSPS) is 13.9. The summed E-state index contributed by atoms with van der Waals surface area (Å²) in [7, 11) is -4.11. The van der Waals surface area contributed by atoms with E-state index in [1.807, 2.05) is 31.2 Å². The molecule has 0 aliphatic carbocycles. The molecular weight excluding hydrogens is 431 g/mol. The molecule has 0 atom stereocenters. The molecule has 1 aliphatic heterocycles. The summed E-state index contributed by atoms with van der Waals surface area (Å²) in [5.41, 5.74) is 2.55. The molecule has 8 heteroatoms. The fourth-order valence-corrected chi connectivity index (χ4v) is 5.17. The summed E-state index contributed by atoms with van der Waals surface area (Å²) < 4.78 is 47.6. The van der Waals surface area contributed by atoms with Crippen molar-refractivity contribution in [3.63, 3.8) is 0 Å². The van der Waals surface area contributed by atoms with Crippen LogP contribution in [0.5, 0.6) is 5.75 Å². The summed E-state index contributed by atoms with van der Waals surface area (Å²) in [6.07, 6.45) is 0.551. The van der Waals surface area contributed by atoms with Crippen molar-refractivity contribution in [1.82, 2.24) is 4.31 Å². The molecular formula is C24H23FN2O4S. The topological polar surface area (TPSA) is 75.7 Å². The highest BCUT2D eigenvalue weighted by molar-refractivity contribution is 7.89. The minimum atomic E-state index is -4.11. The monoisotopic (exact) mass is 454 g/mol. The van der Waals surface area contributed by atoms with E-state index in [-0.39, 0.29) is 18.7 Å². The van der Waals surface area contributed by atoms with Crippen LogP contribution in [0.25, 0.3) is 0 Å². The largest absolute Gasteiger partial charge is 0.494 e. The van der Waals surface area contributed by atoms with Gasteiger partial charge in [-0.1, -0.05) is 24.3 Å². The molecule has 0 fully saturated rings. The molecule has 32 heavy (non-hydrogen) atoms. The molecule has 0 saturated heterocycles. The Morgan fingerprint density at radius 3 is 2.50 bits per heavy atom. The predicted molar refractivity (Wildman–Crippen MR) is 120 cm³/mol. The van der Waals surface area contributed by atoms with E-state index < -0.39 is 26.6 Å². The molecule has 0 radical (unpaired) electrons. The number of carbonyl (C=O) groups excluding carboxylic acids is 1. The van der Waals surface area contributed by atoms with E-state index in [0.717, 1.165) is 23.3 Å². The summed E-state index contributed by atoms with van der Waals surface area (Å²) in [6, 6.07) is 17.7. The lowest BCUT2D eigenvalue weighted by Gasteiger charge is -2.28. The van der Waals surface area contributed by atoms with E-state index in [1.165, 1.54) is 10.4 Å². The van der Waals surface area contributed by atoms with E-state index in [1.54, 1.807) is 24.3 Å². The lowest BCUT2D eigenvalue weighted by atomic mass is 10.0. The fourth-order valence-electron chi connectivity index (χ4n) is 3.66. The molecule has 1 heterocycles. The van der Waals surface area contributed by atoms with Crippen molar-refractivity contribution in [2.45, 2.75) is 24.8 Å². The number of nitrogens with zero attached hydrogens (tertiary/aromatic N) is 1. The number of rotatable bonds is 6. The summed E-state index contributed by atoms with van der Waals surface area (Å²) in [6.45, 7) is 2.82. The fraction of sp³-hybridized carbons (Fsp3) is 0.208. The number of nitrogens with one attached hydrogen (secondary N) is 1. The number of halogens is 1. The summed E-state index contributed by atoms with van der Waals surface area (Å²) in [4.78, 5) is 12.2. The summed E-state index contributed by atoms with van der Waals surface area (Å²) in [5.74, 6) is -0.750. The van der Waals surface area contributed by atoms with Gasteiger partial charge in [0.1, 0.15) is 16.5 Å². The average Bonchev–Trinajstić information content (AvgIpc) is 2.80. The highest BCUT2D eigenvalue weighted by Gasteiger charge is 2.31. The van der Waals surface area contributed by atoms with Gasteiger partial charge < -0.3 is 10.1 Å². The molecule has 3 aromatic rings. The minimum Gasteiger partial charge on any atom is -0.494 e. The van der Waals surface area contributed by atoms with Crippen molar-refractivity contribution in [1.29, 1.82) is 0 Å². The second-order valence-corrected chi connectivity index (χ2v) is 9.32. The van der Waals surface area contributed by atoms with E-state index in [9.17, 15) is 17.6 Å². The number of hydrogen-bond acceptors (Lipinski definition) is 4. The van der Waals surface area contributed by atoms with Gasteiger partial charge in [-0.05, 0) is 66.9 Å². The van der Waals surface area contributed by atoms with Gasteiger partial charge in [-0.3, -0.25) is 4.79 Å². The molecule has 6 nitrogen and oxygen atoms in total. The van der Waals surface area contributed by atoms with Gasteiger partial charge in [-0.2, -0.15) is 4.31 Å². The van der Waals surface area contributed by atoms with Crippen molar-refractivity contribution < 1.29 is 22.3 Å². The number of fused-ring (bicyclic) bond motifs is 1. The molecule has 0 spiro atoms. The first kappa shape index (κ1) is 22.0. The van der Waals surface area contributed by atoms with Gasteiger partial charge in [-0.25, -0.2) is 12.8 Å². The molecule has 166 valence electrons. The third-order valence-corrected chi connectivity index (χ3v) is 7.19. The molecule has 0 saturated carbocycles. The number of amides is 1. The van der Waals surface area contributed by atoms with Crippen LogP contribution >= 0.6 is 0 Å². The second kappa shape index (κ2) is 9.10. The maximum atomic E-state index is 14.6. The Kier molecular flexibility index (Phi) is 6.25. The highest BCUT2D eigenvalue weighted by Crippen LogP contribution is 2.27. The molecule has 0 bridgehead atoms. The van der Waals surface area contributed by atoms with E-state index in [0.29, 0.717) is 24.5 Å². The highest BCUT2D eigenvalue weighted by atomic mass is 32.2. The van der Waals surface area contributed by atoms with Gasteiger partial charge >= 0.3 is 0 Å². The minimum absolute atomic E-state index is 0.0521. The maximum absolute atomic E-state index is 14.6. The Hall–Kier alpha value is -3.23. The van der Waals surface area contributed by atoms with Gasteiger partial charge in [0.05, 0.1) is 6.61 Å². The van der Waals surface area contributed by atoms with Crippen LogP contribution in [0.2, 0.25) is 0 Å². The Labute approximate surface area is 186 Å². The van der Waals surface area contributed by atoms with Gasteiger partial charge in [0.2, 0.25) is 10.0 Å². The molecule has 1 amide bonds. The number of ether oxygens (including phenoxy) is 1. The number of sulfonamides is 1. The molecule has 1 N–H and O–H groups in total. The SMILES string of the molecule is CCOc1ccc(NC(=O)c2ccc(F)c(S(=O)(=O)N3CCc4ccccc4C3)c2)cc1. The first-order chi connectivity index (χ1) is 15.4. The van der Waals surface area contributed by atoms with Gasteiger partial charge in [0, 0.05) is 24.3 Å². The lowest BCUT2D eigenvalue weighted by Crippen LogP contribution is -2.36. The molecule has 3 aromatic carbocycles. The quantitative estimate of drug-likeness (QED) is 0.605. The first-order valence-corrected chi connectivity index (χ1v) is 11.7. The zero-order valence-corrected chi connectivity index (χ0v) is 18.4. The summed E-state index contributed by atoms with van der Waals surface area (Å²) in [5, 5.41) is 2.69. The van der Waals surface area contributed by atoms with Crippen LogP contribution in [0, 0.1) is 5.82 Å². The smallest absolute Gasteiger partial charge is 0.255 e. The Morgan fingerprint density at radius 2 is 1.78 bits per heavy atom.